The largest absolute Gasteiger partial charge is 0.481 e. The van der Waals surface area contributed by atoms with Crippen molar-refractivity contribution in [2.24, 2.45) is 33.8 Å². The number of amides is 6. The van der Waals surface area contributed by atoms with Gasteiger partial charge in [0.25, 0.3) is 0 Å². The van der Waals surface area contributed by atoms with Crippen molar-refractivity contribution in [3.05, 3.63) is 54.1 Å². The second kappa shape index (κ2) is 26.0. The monoisotopic (exact) mass is 812 g/mol. The second-order valence-electron chi connectivity index (χ2n) is 14.1. The van der Waals surface area contributed by atoms with Crippen molar-refractivity contribution in [2.45, 2.75) is 115 Å². The van der Waals surface area contributed by atoms with Gasteiger partial charge in [0.05, 0.1) is 12.4 Å². The van der Waals surface area contributed by atoms with Crippen molar-refractivity contribution < 1.29 is 38.7 Å². The first kappa shape index (κ1) is 48.1. The quantitative estimate of drug-likeness (QED) is 0.0268. The Hall–Kier alpha value is -6.05. The van der Waals surface area contributed by atoms with Crippen LogP contribution in [0.4, 0.5) is 0 Å². The summed E-state index contributed by atoms with van der Waals surface area (Å²) in [5.74, 6) is -5.33. The van der Waals surface area contributed by atoms with Gasteiger partial charge in [-0.05, 0) is 43.6 Å². The molecule has 320 valence electrons. The van der Waals surface area contributed by atoms with E-state index in [9.17, 15) is 33.6 Å². The van der Waals surface area contributed by atoms with Gasteiger partial charge in [-0.15, -0.1) is 0 Å². The summed E-state index contributed by atoms with van der Waals surface area (Å²) in [6.07, 6.45) is 5.18. The number of benzene rings is 1. The van der Waals surface area contributed by atoms with E-state index in [0.29, 0.717) is 43.4 Å². The van der Waals surface area contributed by atoms with Crippen molar-refractivity contribution in [1.82, 2.24) is 36.6 Å². The molecule has 0 spiro atoms. The molecule has 0 aliphatic heterocycles. The molecule has 6 amide bonds. The molecule has 0 saturated carbocycles. The molecule has 0 aliphatic carbocycles. The zero-order chi connectivity index (χ0) is 43.0. The molecule has 2 aromatic rings. The predicted molar refractivity (Wildman–Crippen MR) is 215 cm³/mol. The number of H-pyrrole nitrogens is 1. The average Bonchev–Trinajstić information content (AvgIpc) is 3.70. The van der Waals surface area contributed by atoms with E-state index in [2.05, 4.69) is 41.5 Å². The summed E-state index contributed by atoms with van der Waals surface area (Å²) in [4.78, 5) is 101. The lowest BCUT2D eigenvalue weighted by Crippen LogP contribution is -2.60. The van der Waals surface area contributed by atoms with Crippen molar-refractivity contribution in [3.8, 4) is 0 Å². The number of nitrogens with zero attached hydrogens (tertiary/aromatic N) is 2. The molecule has 20 heteroatoms. The third-order valence-electron chi connectivity index (χ3n) is 9.30. The molecule has 1 heterocycles. The highest BCUT2D eigenvalue weighted by molar-refractivity contribution is 5.96. The number of carboxylic acids is 1. The lowest BCUT2D eigenvalue weighted by molar-refractivity contribution is -0.137. The normalized spacial score (nSPS) is 14.0. The zero-order valence-electron chi connectivity index (χ0n) is 33.2. The Morgan fingerprint density at radius 3 is 2.03 bits per heavy atom. The van der Waals surface area contributed by atoms with E-state index in [1.165, 1.54) is 12.5 Å². The maximum Gasteiger partial charge on any atom is 0.303 e. The van der Waals surface area contributed by atoms with Crippen LogP contribution in [0.5, 0.6) is 0 Å². The molecule has 0 radical (unpaired) electrons. The fourth-order valence-corrected chi connectivity index (χ4v) is 5.77. The van der Waals surface area contributed by atoms with E-state index in [-0.39, 0.29) is 57.6 Å². The third-order valence-corrected chi connectivity index (χ3v) is 9.30. The third kappa shape index (κ3) is 18.7. The Kier molecular flexibility index (Phi) is 21.5. The van der Waals surface area contributed by atoms with E-state index in [1.807, 2.05) is 6.92 Å². The highest BCUT2D eigenvalue weighted by atomic mass is 16.4. The minimum absolute atomic E-state index is 0.0156. The van der Waals surface area contributed by atoms with Crippen molar-refractivity contribution in [2.75, 3.05) is 13.1 Å². The van der Waals surface area contributed by atoms with Gasteiger partial charge < -0.3 is 59.6 Å². The number of primary amides is 1. The van der Waals surface area contributed by atoms with Crippen LogP contribution in [0, 0.1) is 5.92 Å². The highest BCUT2D eigenvalue weighted by Crippen LogP contribution is 2.12. The molecule has 0 bridgehead atoms. The summed E-state index contributed by atoms with van der Waals surface area (Å²) in [6, 6.07) is 3.09. The Morgan fingerprint density at radius 1 is 0.776 bits per heavy atom. The van der Waals surface area contributed by atoms with Crippen molar-refractivity contribution >= 4 is 47.4 Å². The molecule has 0 saturated heterocycles. The van der Waals surface area contributed by atoms with Crippen LogP contribution in [0.15, 0.2) is 47.8 Å². The Morgan fingerprint density at radius 2 is 1.43 bits per heavy atom. The van der Waals surface area contributed by atoms with Gasteiger partial charge in [0.15, 0.2) is 5.96 Å². The molecule has 0 fully saturated rings. The summed E-state index contributed by atoms with van der Waals surface area (Å²) in [5, 5.41) is 22.6. The van der Waals surface area contributed by atoms with E-state index in [1.54, 1.807) is 37.3 Å². The number of carbonyl (C=O) groups is 7. The van der Waals surface area contributed by atoms with Gasteiger partial charge in [-0.2, -0.15) is 0 Å². The number of aliphatic carboxylic acids is 1. The number of imidazole rings is 1. The van der Waals surface area contributed by atoms with Crippen molar-refractivity contribution in [1.29, 1.82) is 0 Å². The highest BCUT2D eigenvalue weighted by Gasteiger charge is 2.34. The number of aromatic amines is 1. The van der Waals surface area contributed by atoms with Crippen molar-refractivity contribution in [3.63, 3.8) is 0 Å². The second-order valence-corrected chi connectivity index (χ2v) is 14.1. The first-order valence-corrected chi connectivity index (χ1v) is 19.4. The molecular weight excluding hydrogens is 752 g/mol. The molecule has 0 unspecified atom stereocenters. The van der Waals surface area contributed by atoms with E-state index in [0.717, 1.165) is 0 Å². The summed E-state index contributed by atoms with van der Waals surface area (Å²) in [6.45, 7) is 4.00. The van der Waals surface area contributed by atoms with Crippen LogP contribution in [0.25, 0.3) is 0 Å². The van der Waals surface area contributed by atoms with Crippen LogP contribution in [0.3, 0.4) is 0 Å². The molecule has 58 heavy (non-hydrogen) atoms. The predicted octanol–water partition coefficient (Wildman–Crippen LogP) is -1.41. The lowest BCUT2D eigenvalue weighted by Gasteiger charge is -2.28. The van der Waals surface area contributed by atoms with Gasteiger partial charge in [0, 0.05) is 50.7 Å². The Labute approximate surface area is 337 Å². The minimum atomic E-state index is -1.27. The van der Waals surface area contributed by atoms with Crippen LogP contribution in [0.1, 0.15) is 82.9 Å². The summed E-state index contributed by atoms with van der Waals surface area (Å²) < 4.78 is 0. The Balaban J connectivity index is 2.35. The minimum Gasteiger partial charge on any atom is -0.481 e. The standard InChI is InChI=1S/C38H60N12O8/c1-3-23(2)32(50-33(54)26(39)15-16-30(40)51)37(58)49-29(20-25-21-43-22-46-25)36(57)48-28(19-24-11-6-4-7-12-24)35(56)47-27(13-10-18-45-38(41)42)34(55)44-17-9-5-8-14-31(52)53/h4,6-7,11-12,21-23,26-29,32H,3,5,8-10,13-20,39H2,1-2H3,(H2,40,51)(H,43,46)(H,44,55)(H,47,56)(H,48,57)(H,49,58)(H,50,54)(H,52,53)(H4,41,42,45)/t23-,26-,27-,28-,29-,32-/m0/s1. The molecule has 0 aliphatic rings. The number of unbranched alkanes of at least 4 members (excludes halogenated alkanes) is 2. The number of aromatic nitrogens is 2. The smallest absolute Gasteiger partial charge is 0.303 e. The first-order chi connectivity index (χ1) is 27.6. The molecule has 1 aromatic carbocycles. The van der Waals surface area contributed by atoms with Crippen LogP contribution in [-0.2, 0) is 46.4 Å². The number of guanidine groups is 1. The SMILES string of the molecule is CC[C@H](C)[C@H](NC(=O)[C@@H](N)CCC(N)=O)C(=O)N[C@@H](Cc1cnc[nH]1)C(=O)N[C@@H](Cc1ccccc1)C(=O)N[C@@H](CCCN=C(N)N)C(=O)NCCCCCC(=O)O. The number of nitrogens with one attached hydrogen (secondary N) is 6. The number of hydrogen-bond acceptors (Lipinski definition) is 10. The lowest BCUT2D eigenvalue weighted by atomic mass is 9.96. The number of carbonyl (C=O) groups excluding carboxylic acids is 6. The summed E-state index contributed by atoms with van der Waals surface area (Å²) in [7, 11) is 0. The molecule has 15 N–H and O–H groups in total. The summed E-state index contributed by atoms with van der Waals surface area (Å²) in [5.41, 5.74) is 23.3. The van der Waals surface area contributed by atoms with Gasteiger partial charge in [0.2, 0.25) is 35.4 Å². The maximum atomic E-state index is 14.2. The van der Waals surface area contributed by atoms with E-state index in [4.69, 9.17) is 28.0 Å². The number of hydrogen-bond donors (Lipinski definition) is 11. The van der Waals surface area contributed by atoms with Gasteiger partial charge in [0.1, 0.15) is 24.2 Å². The summed E-state index contributed by atoms with van der Waals surface area (Å²) >= 11 is 0. The number of carboxylic acid groups (broad SMARTS) is 1. The first-order valence-electron chi connectivity index (χ1n) is 19.4. The van der Waals surface area contributed by atoms with Gasteiger partial charge in [-0.1, -0.05) is 57.0 Å². The van der Waals surface area contributed by atoms with Crippen LogP contribution in [-0.4, -0.2) is 106 Å². The number of nitrogens with two attached hydrogens (primary N) is 4. The van der Waals surface area contributed by atoms with Crippen LogP contribution in [0.2, 0.25) is 0 Å². The fraction of sp³-hybridized carbons (Fsp3) is 0.553. The van der Waals surface area contributed by atoms with Gasteiger partial charge >= 0.3 is 5.97 Å². The molecule has 6 atom stereocenters. The Bertz CT molecular complexity index is 1650. The average molecular weight is 813 g/mol. The van der Waals surface area contributed by atoms with E-state index < -0.39 is 77.5 Å². The van der Waals surface area contributed by atoms with Gasteiger partial charge in [-0.25, -0.2) is 4.98 Å². The number of rotatable bonds is 28. The molecule has 20 nitrogen and oxygen atoms in total. The maximum absolute atomic E-state index is 14.2. The molecule has 2 rings (SSSR count). The van der Waals surface area contributed by atoms with Crippen LogP contribution >= 0.6 is 0 Å². The van der Waals surface area contributed by atoms with Crippen LogP contribution < -0.4 is 49.5 Å². The van der Waals surface area contributed by atoms with Gasteiger partial charge in [-0.3, -0.25) is 38.6 Å². The zero-order valence-corrected chi connectivity index (χ0v) is 33.2. The van der Waals surface area contributed by atoms with E-state index >= 15 is 0 Å². The topological polar surface area (TPSA) is 345 Å². The number of aliphatic imine (C=N–C) groups is 1. The fourth-order valence-electron chi connectivity index (χ4n) is 5.77. The molecule has 1 aromatic heterocycles. The molecular formula is C38H60N12O8.